The predicted molar refractivity (Wildman–Crippen MR) is 106 cm³/mol. The van der Waals surface area contributed by atoms with Gasteiger partial charge in [-0.1, -0.05) is 11.8 Å². The Kier molecular flexibility index (Phi) is 4.21. The maximum Gasteiger partial charge on any atom is 0.267 e. The summed E-state index contributed by atoms with van der Waals surface area (Å²) in [6.07, 6.45) is 3.63. The van der Waals surface area contributed by atoms with Crippen molar-refractivity contribution in [3.05, 3.63) is 47.8 Å². The zero-order valence-corrected chi connectivity index (χ0v) is 15.6. The third-order valence-corrected chi connectivity index (χ3v) is 4.79. The summed E-state index contributed by atoms with van der Waals surface area (Å²) >= 11 is 0. The number of carbonyl (C=O) groups is 1. The average molecular weight is 373 g/mol. The summed E-state index contributed by atoms with van der Waals surface area (Å²) in [5.74, 6) is 6.17. The highest BCUT2D eigenvalue weighted by Crippen LogP contribution is 2.24. The van der Waals surface area contributed by atoms with Crippen molar-refractivity contribution in [1.82, 2.24) is 19.9 Å². The number of hydrogen-bond donors (Lipinski definition) is 2. The van der Waals surface area contributed by atoms with E-state index in [1.54, 1.807) is 25.5 Å². The molecule has 1 aliphatic rings. The van der Waals surface area contributed by atoms with Crippen LogP contribution in [0.25, 0.3) is 22.3 Å². The van der Waals surface area contributed by atoms with Gasteiger partial charge in [0.1, 0.15) is 11.3 Å². The van der Waals surface area contributed by atoms with Crippen LogP contribution in [0.15, 0.2) is 36.7 Å². The first kappa shape index (κ1) is 17.9. The summed E-state index contributed by atoms with van der Waals surface area (Å²) in [4.78, 5) is 26.6. The molecule has 7 heteroatoms. The number of aromatic nitrogens is 3. The zero-order valence-electron chi connectivity index (χ0n) is 15.6. The van der Waals surface area contributed by atoms with E-state index in [4.69, 9.17) is 5.73 Å². The number of rotatable bonds is 1. The molecule has 2 aromatic heterocycles. The quantitative estimate of drug-likeness (QED) is 0.627. The van der Waals surface area contributed by atoms with E-state index < -0.39 is 5.60 Å². The lowest BCUT2D eigenvalue weighted by Gasteiger charge is -2.13. The third kappa shape index (κ3) is 3.15. The van der Waals surface area contributed by atoms with Gasteiger partial charge in [0.2, 0.25) is 5.60 Å². The van der Waals surface area contributed by atoms with Crippen molar-refractivity contribution in [2.24, 2.45) is 0 Å². The van der Waals surface area contributed by atoms with E-state index in [9.17, 15) is 9.90 Å². The van der Waals surface area contributed by atoms with E-state index in [0.717, 1.165) is 16.5 Å². The number of aryl methyl sites for hydroxylation is 1. The van der Waals surface area contributed by atoms with E-state index in [1.165, 1.54) is 4.90 Å². The molecule has 4 rings (SSSR count). The van der Waals surface area contributed by atoms with Crippen LogP contribution in [0, 0.1) is 18.8 Å². The summed E-state index contributed by atoms with van der Waals surface area (Å²) in [7, 11) is 1.66. The fraction of sp³-hybridized carbons (Fsp3) is 0.238. The number of nitrogen functional groups attached to an aromatic ring is 1. The SMILES string of the molecule is Cc1cc(C#C[C@]2(O)CCN(C)C2=O)cc(-c2ncc3ccnc(N)c3n2)c1. The number of likely N-dealkylation sites (N-methyl/N-ethyl adjacent to an activating group) is 1. The number of hydrogen-bond acceptors (Lipinski definition) is 6. The van der Waals surface area contributed by atoms with Crippen molar-refractivity contribution in [3.8, 4) is 23.2 Å². The van der Waals surface area contributed by atoms with Crippen LogP contribution in [-0.2, 0) is 4.79 Å². The van der Waals surface area contributed by atoms with Gasteiger partial charge in [-0.25, -0.2) is 15.0 Å². The standard InChI is InChI=1S/C21H19N5O2/c1-13-9-14(3-5-21(28)6-8-26(2)20(21)27)11-16(10-13)19-24-12-15-4-7-23-18(22)17(15)25-19/h4,7,9-12,28H,6,8H2,1-2H3,(H2,22,23)/t21-/m0/s1. The summed E-state index contributed by atoms with van der Waals surface area (Å²) in [5, 5.41) is 11.3. The minimum absolute atomic E-state index is 0.300. The van der Waals surface area contributed by atoms with Crippen molar-refractivity contribution in [2.45, 2.75) is 18.9 Å². The maximum atomic E-state index is 12.1. The van der Waals surface area contributed by atoms with Gasteiger partial charge in [0, 0.05) is 48.9 Å². The second kappa shape index (κ2) is 6.59. The van der Waals surface area contributed by atoms with Crippen LogP contribution < -0.4 is 5.73 Å². The Hall–Kier alpha value is -3.50. The molecule has 3 aromatic rings. The van der Waals surface area contributed by atoms with Crippen molar-refractivity contribution in [3.63, 3.8) is 0 Å². The van der Waals surface area contributed by atoms with Crippen LogP contribution in [0.5, 0.6) is 0 Å². The smallest absolute Gasteiger partial charge is 0.267 e. The molecule has 1 aliphatic heterocycles. The molecule has 3 heterocycles. The van der Waals surface area contributed by atoms with Crippen molar-refractivity contribution in [1.29, 1.82) is 0 Å². The molecular weight excluding hydrogens is 354 g/mol. The molecule has 140 valence electrons. The van der Waals surface area contributed by atoms with Crippen LogP contribution in [0.2, 0.25) is 0 Å². The van der Waals surface area contributed by atoms with Gasteiger partial charge in [-0.3, -0.25) is 4.79 Å². The van der Waals surface area contributed by atoms with Gasteiger partial charge in [-0.15, -0.1) is 0 Å². The van der Waals surface area contributed by atoms with E-state index in [2.05, 4.69) is 26.8 Å². The van der Waals surface area contributed by atoms with Gasteiger partial charge in [0.05, 0.1) is 0 Å². The van der Waals surface area contributed by atoms with Gasteiger partial charge in [-0.2, -0.15) is 0 Å². The summed E-state index contributed by atoms with van der Waals surface area (Å²) in [6.45, 7) is 2.43. The topological polar surface area (TPSA) is 105 Å². The number of aliphatic hydroxyl groups is 1. The van der Waals surface area contributed by atoms with Crippen LogP contribution in [0.1, 0.15) is 17.5 Å². The highest BCUT2D eigenvalue weighted by atomic mass is 16.3. The van der Waals surface area contributed by atoms with E-state index in [1.807, 2.05) is 25.1 Å². The number of nitrogens with zero attached hydrogens (tertiary/aromatic N) is 4. The Morgan fingerprint density at radius 2 is 2.11 bits per heavy atom. The van der Waals surface area contributed by atoms with Gasteiger partial charge < -0.3 is 15.7 Å². The summed E-state index contributed by atoms with van der Waals surface area (Å²) < 4.78 is 0. The minimum atomic E-state index is -1.63. The fourth-order valence-electron chi connectivity index (χ4n) is 3.25. The van der Waals surface area contributed by atoms with Crippen molar-refractivity contribution in [2.75, 3.05) is 19.3 Å². The van der Waals surface area contributed by atoms with Crippen molar-refractivity contribution >= 4 is 22.6 Å². The number of fused-ring (bicyclic) bond motifs is 1. The number of amides is 1. The minimum Gasteiger partial charge on any atom is -0.382 e. The van der Waals surface area contributed by atoms with E-state index in [0.29, 0.717) is 35.7 Å². The molecule has 0 saturated carbocycles. The zero-order chi connectivity index (χ0) is 19.9. The molecule has 0 spiro atoms. The first-order valence-electron chi connectivity index (χ1n) is 8.86. The second-order valence-electron chi connectivity index (χ2n) is 7.00. The lowest BCUT2D eigenvalue weighted by atomic mass is 10.0. The number of carbonyl (C=O) groups excluding carboxylic acids is 1. The second-order valence-corrected chi connectivity index (χ2v) is 7.00. The largest absolute Gasteiger partial charge is 0.382 e. The Labute approximate surface area is 162 Å². The molecule has 0 radical (unpaired) electrons. The molecule has 1 atom stereocenters. The van der Waals surface area contributed by atoms with Gasteiger partial charge >= 0.3 is 0 Å². The number of likely N-dealkylation sites (tertiary alicyclic amines) is 1. The summed E-state index contributed by atoms with van der Waals surface area (Å²) in [5.41, 5.74) is 7.31. The molecule has 1 fully saturated rings. The maximum absolute atomic E-state index is 12.1. The molecule has 0 aliphatic carbocycles. The van der Waals surface area contributed by atoms with Crippen molar-refractivity contribution < 1.29 is 9.90 Å². The Bertz CT molecular complexity index is 1160. The molecule has 3 N–H and O–H groups in total. The highest BCUT2D eigenvalue weighted by molar-refractivity contribution is 5.90. The molecule has 1 amide bonds. The number of pyridine rings is 1. The van der Waals surface area contributed by atoms with Crippen LogP contribution in [0.4, 0.5) is 5.82 Å². The fourth-order valence-corrected chi connectivity index (χ4v) is 3.25. The third-order valence-electron chi connectivity index (χ3n) is 4.79. The summed E-state index contributed by atoms with van der Waals surface area (Å²) in [6, 6.07) is 7.47. The van der Waals surface area contributed by atoms with E-state index in [-0.39, 0.29) is 5.91 Å². The molecule has 1 saturated heterocycles. The predicted octanol–water partition coefficient (Wildman–Crippen LogP) is 1.53. The lowest BCUT2D eigenvalue weighted by molar-refractivity contribution is -0.137. The average Bonchev–Trinajstić information content (AvgIpc) is 2.94. The normalized spacial score (nSPS) is 19.0. The van der Waals surface area contributed by atoms with E-state index >= 15 is 0 Å². The number of nitrogens with two attached hydrogens (primary N) is 1. The molecule has 1 aromatic carbocycles. The first-order chi connectivity index (χ1) is 13.4. The Morgan fingerprint density at radius 1 is 1.29 bits per heavy atom. The highest BCUT2D eigenvalue weighted by Gasteiger charge is 2.42. The monoisotopic (exact) mass is 373 g/mol. The lowest BCUT2D eigenvalue weighted by Crippen LogP contribution is -2.37. The van der Waals surface area contributed by atoms with Crippen LogP contribution in [0.3, 0.4) is 0 Å². The van der Waals surface area contributed by atoms with Crippen LogP contribution >= 0.6 is 0 Å². The molecule has 0 bridgehead atoms. The van der Waals surface area contributed by atoms with Gasteiger partial charge in [-0.05, 0) is 36.8 Å². The van der Waals surface area contributed by atoms with Gasteiger partial charge in [0.25, 0.3) is 5.91 Å². The molecule has 0 unspecified atom stereocenters. The molecular formula is C21H19N5O2. The number of anilines is 1. The first-order valence-corrected chi connectivity index (χ1v) is 8.86. The number of benzene rings is 1. The molecule has 28 heavy (non-hydrogen) atoms. The molecule has 7 nitrogen and oxygen atoms in total. The van der Waals surface area contributed by atoms with Crippen LogP contribution in [-0.4, -0.2) is 50.1 Å². The Balaban J connectivity index is 1.74. The Morgan fingerprint density at radius 3 is 2.86 bits per heavy atom. The van der Waals surface area contributed by atoms with Gasteiger partial charge in [0.15, 0.2) is 5.82 Å².